The van der Waals surface area contributed by atoms with Crippen LogP contribution < -0.4 is 9.47 Å². The third kappa shape index (κ3) is 10.7. The van der Waals surface area contributed by atoms with Crippen LogP contribution in [0.3, 0.4) is 0 Å². The summed E-state index contributed by atoms with van der Waals surface area (Å²) >= 11 is 12.8. The van der Waals surface area contributed by atoms with Crippen LogP contribution in [0.4, 0.5) is 0 Å². The molecule has 0 aromatic heterocycles. The van der Waals surface area contributed by atoms with Crippen LogP contribution in [0, 0.1) is 10.8 Å². The molecule has 0 bridgehead atoms. The minimum absolute atomic E-state index is 0.0503. The maximum absolute atomic E-state index is 13.4. The Labute approximate surface area is 250 Å². The zero-order chi connectivity index (χ0) is 31.2. The number of aromatic hydroxyl groups is 1. The molecule has 0 fully saturated rings. The Kier molecular flexibility index (Phi) is 12.0. The molecular formula is C28H37Cl2O10P. The average molecular weight is 635 g/mol. The first-order valence-corrected chi connectivity index (χ1v) is 15.2. The van der Waals surface area contributed by atoms with Gasteiger partial charge in [0.2, 0.25) is 13.6 Å². The first kappa shape index (κ1) is 34.7. The molecule has 1 N–H and O–H groups in total. The highest BCUT2D eigenvalue weighted by molar-refractivity contribution is 7.53. The maximum Gasteiger partial charge on any atom is 0.373 e. The molecule has 0 amide bonds. The predicted molar refractivity (Wildman–Crippen MR) is 155 cm³/mol. The lowest BCUT2D eigenvalue weighted by atomic mass is 9.98. The number of halogens is 2. The Morgan fingerprint density at radius 3 is 1.78 bits per heavy atom. The highest BCUT2D eigenvalue weighted by Crippen LogP contribution is 2.49. The van der Waals surface area contributed by atoms with E-state index in [9.17, 15) is 19.3 Å². The van der Waals surface area contributed by atoms with E-state index in [1.807, 2.05) is 13.8 Å². The monoisotopic (exact) mass is 634 g/mol. The van der Waals surface area contributed by atoms with Gasteiger partial charge in [-0.1, -0.05) is 37.0 Å². The Balaban J connectivity index is 2.17. The van der Waals surface area contributed by atoms with E-state index in [1.165, 1.54) is 18.2 Å². The zero-order valence-corrected chi connectivity index (χ0v) is 26.8. The minimum atomic E-state index is -4.14. The molecule has 0 radical (unpaired) electrons. The molecule has 0 aliphatic carbocycles. The molecule has 41 heavy (non-hydrogen) atoms. The number of phenolic OH excluding ortho intramolecular Hbond substituents is 1. The van der Waals surface area contributed by atoms with Crippen molar-refractivity contribution < 1.29 is 47.3 Å². The van der Waals surface area contributed by atoms with E-state index in [4.69, 9.17) is 51.2 Å². The SMILES string of the molecule is CC(C)c1cc(Oc2c(Cl)cc(OCP(=O)(OCOC(=O)C(C)(C)C)OCOC(=O)C(C)(C)C)cc2Cl)ccc1O. The second kappa shape index (κ2) is 14.1. The number of phenols is 1. The molecular weight excluding hydrogens is 598 g/mol. The van der Waals surface area contributed by atoms with Crippen LogP contribution in [-0.4, -0.2) is 37.0 Å². The molecule has 0 saturated carbocycles. The van der Waals surface area contributed by atoms with Gasteiger partial charge >= 0.3 is 19.5 Å². The van der Waals surface area contributed by atoms with Crippen molar-refractivity contribution in [3.05, 3.63) is 45.9 Å². The Morgan fingerprint density at radius 2 is 1.34 bits per heavy atom. The summed E-state index contributed by atoms with van der Waals surface area (Å²) in [7, 11) is -4.14. The van der Waals surface area contributed by atoms with Crippen LogP contribution in [0.1, 0.15) is 66.9 Å². The molecule has 0 unspecified atom stereocenters. The lowest BCUT2D eigenvalue weighted by Gasteiger charge is -2.22. The van der Waals surface area contributed by atoms with Crippen molar-refractivity contribution >= 4 is 42.7 Å². The number of ether oxygens (including phenoxy) is 4. The molecule has 0 atom stereocenters. The molecule has 228 valence electrons. The highest BCUT2D eigenvalue weighted by atomic mass is 35.5. The van der Waals surface area contributed by atoms with Crippen molar-refractivity contribution in [2.75, 3.05) is 19.9 Å². The van der Waals surface area contributed by atoms with Crippen LogP contribution in [0.2, 0.25) is 10.0 Å². The molecule has 2 aromatic carbocycles. The maximum atomic E-state index is 13.4. The molecule has 0 aliphatic rings. The molecule has 13 heteroatoms. The minimum Gasteiger partial charge on any atom is -0.508 e. The Bertz CT molecular complexity index is 1220. The average Bonchev–Trinajstić information content (AvgIpc) is 2.84. The largest absolute Gasteiger partial charge is 0.508 e. The molecule has 0 aliphatic heterocycles. The number of hydrogen-bond donors (Lipinski definition) is 1. The number of carbonyl (C=O) groups is 2. The highest BCUT2D eigenvalue weighted by Gasteiger charge is 2.31. The van der Waals surface area contributed by atoms with E-state index in [2.05, 4.69) is 0 Å². The smallest absolute Gasteiger partial charge is 0.373 e. The summed E-state index contributed by atoms with van der Waals surface area (Å²) in [5.74, 6) is -0.339. The van der Waals surface area contributed by atoms with Gasteiger partial charge in [-0.05, 0) is 65.7 Å². The van der Waals surface area contributed by atoms with Gasteiger partial charge in [0.1, 0.15) is 17.2 Å². The van der Waals surface area contributed by atoms with E-state index in [0.29, 0.717) is 11.3 Å². The summed E-state index contributed by atoms with van der Waals surface area (Å²) in [6.07, 6.45) is -0.657. The van der Waals surface area contributed by atoms with Crippen molar-refractivity contribution in [3.8, 4) is 23.0 Å². The van der Waals surface area contributed by atoms with Gasteiger partial charge in [-0.3, -0.25) is 23.2 Å². The van der Waals surface area contributed by atoms with Crippen LogP contribution >= 0.6 is 30.8 Å². The second-order valence-corrected chi connectivity index (χ2v) is 14.2. The quantitative estimate of drug-likeness (QED) is 0.138. The third-order valence-electron chi connectivity index (χ3n) is 5.31. The van der Waals surface area contributed by atoms with Crippen LogP contribution in [-0.2, 0) is 32.7 Å². The van der Waals surface area contributed by atoms with E-state index in [1.54, 1.807) is 53.7 Å². The topological polar surface area (TPSA) is 127 Å². The van der Waals surface area contributed by atoms with Gasteiger partial charge in [0.25, 0.3) is 0 Å². The Hall–Kier alpha value is -2.49. The number of esters is 2. The number of benzene rings is 2. The van der Waals surface area contributed by atoms with Crippen molar-refractivity contribution in [1.29, 1.82) is 0 Å². The van der Waals surface area contributed by atoms with Gasteiger partial charge in [-0.2, -0.15) is 0 Å². The first-order valence-electron chi connectivity index (χ1n) is 12.7. The summed E-state index contributed by atoms with van der Waals surface area (Å²) < 4.78 is 45.4. The summed E-state index contributed by atoms with van der Waals surface area (Å²) in [6, 6.07) is 7.54. The fourth-order valence-corrected chi connectivity index (χ4v) is 4.41. The lowest BCUT2D eigenvalue weighted by molar-refractivity contribution is -0.162. The lowest BCUT2D eigenvalue weighted by Crippen LogP contribution is -2.25. The van der Waals surface area contributed by atoms with Crippen molar-refractivity contribution in [1.82, 2.24) is 0 Å². The van der Waals surface area contributed by atoms with Crippen LogP contribution in [0.25, 0.3) is 0 Å². The summed E-state index contributed by atoms with van der Waals surface area (Å²) in [5.41, 5.74) is -0.951. The zero-order valence-electron chi connectivity index (χ0n) is 24.4. The molecule has 10 nitrogen and oxygen atoms in total. The first-order chi connectivity index (χ1) is 18.8. The van der Waals surface area contributed by atoms with E-state index in [0.717, 1.165) is 0 Å². The van der Waals surface area contributed by atoms with Gasteiger partial charge in [0.15, 0.2) is 12.1 Å². The third-order valence-corrected chi connectivity index (χ3v) is 7.31. The van der Waals surface area contributed by atoms with E-state index < -0.39 is 50.3 Å². The molecule has 0 spiro atoms. The summed E-state index contributed by atoms with van der Waals surface area (Å²) in [4.78, 5) is 24.1. The van der Waals surface area contributed by atoms with Gasteiger partial charge in [0, 0.05) is 17.7 Å². The summed E-state index contributed by atoms with van der Waals surface area (Å²) in [5, 5.41) is 10.2. The standard InChI is InChI=1S/C28H37Cl2O10P/c1-17(2)20-11-18(9-10-23(20)31)40-24-21(29)12-19(13-22(24)30)37-16-41(34,38-14-35-25(32)27(3,4)5)39-15-36-26(33)28(6,7)8/h9-13,17,31H,14-16H2,1-8H3. The fourth-order valence-electron chi connectivity index (χ4n) is 2.91. The normalized spacial score (nSPS) is 12.3. The molecule has 2 aromatic rings. The van der Waals surface area contributed by atoms with Gasteiger partial charge < -0.3 is 24.1 Å². The van der Waals surface area contributed by atoms with Crippen LogP contribution in [0.5, 0.6) is 23.0 Å². The molecule has 2 rings (SSSR count). The molecule has 0 saturated heterocycles. The van der Waals surface area contributed by atoms with E-state index >= 15 is 0 Å². The predicted octanol–water partition coefficient (Wildman–Crippen LogP) is 8.27. The number of carbonyl (C=O) groups excluding carboxylic acids is 2. The Morgan fingerprint density at radius 1 is 0.854 bits per heavy atom. The van der Waals surface area contributed by atoms with Crippen molar-refractivity contribution in [3.63, 3.8) is 0 Å². The van der Waals surface area contributed by atoms with E-state index in [-0.39, 0.29) is 33.2 Å². The van der Waals surface area contributed by atoms with Crippen molar-refractivity contribution in [2.24, 2.45) is 10.8 Å². The number of hydrogen-bond acceptors (Lipinski definition) is 10. The molecule has 0 heterocycles. The number of rotatable bonds is 12. The van der Waals surface area contributed by atoms with Gasteiger partial charge in [-0.15, -0.1) is 0 Å². The fraction of sp³-hybridized carbons (Fsp3) is 0.500. The summed E-state index contributed by atoms with van der Waals surface area (Å²) in [6.45, 7) is 12.3. The van der Waals surface area contributed by atoms with Crippen LogP contribution in [0.15, 0.2) is 30.3 Å². The van der Waals surface area contributed by atoms with Gasteiger partial charge in [-0.25, -0.2) is 0 Å². The van der Waals surface area contributed by atoms with Gasteiger partial charge in [0.05, 0.1) is 20.9 Å². The van der Waals surface area contributed by atoms with Crippen molar-refractivity contribution in [2.45, 2.75) is 61.3 Å². The second-order valence-electron chi connectivity index (χ2n) is 11.4.